The van der Waals surface area contributed by atoms with E-state index in [-0.39, 0.29) is 0 Å². The molecule has 1 aromatic heterocycles. The van der Waals surface area contributed by atoms with Gasteiger partial charge in [-0.25, -0.2) is 0 Å². The molecule has 0 spiro atoms. The summed E-state index contributed by atoms with van der Waals surface area (Å²) in [6.07, 6.45) is 9.40. The van der Waals surface area contributed by atoms with Crippen LogP contribution in [-0.4, -0.2) is 16.4 Å². The zero-order valence-electron chi connectivity index (χ0n) is 9.22. The SMILES string of the molecule is CC1CCOC(c2cnn(C3CC3)c2)C1. The number of aromatic nitrogens is 2. The van der Waals surface area contributed by atoms with Gasteiger partial charge < -0.3 is 4.74 Å². The minimum atomic E-state index is 0.293. The van der Waals surface area contributed by atoms with Gasteiger partial charge in [-0.05, 0) is 31.6 Å². The molecule has 3 heteroatoms. The standard InChI is InChI=1S/C12H18N2O/c1-9-4-5-15-12(6-9)10-7-13-14(8-10)11-2-3-11/h7-9,11-12H,2-6H2,1H3. The van der Waals surface area contributed by atoms with Crippen LogP contribution in [0.3, 0.4) is 0 Å². The first kappa shape index (κ1) is 9.40. The molecule has 2 unspecified atom stereocenters. The molecule has 0 amide bonds. The fourth-order valence-corrected chi connectivity index (χ4v) is 2.25. The molecular weight excluding hydrogens is 188 g/mol. The molecule has 2 atom stereocenters. The van der Waals surface area contributed by atoms with Gasteiger partial charge in [0.25, 0.3) is 0 Å². The van der Waals surface area contributed by atoms with Crippen LogP contribution in [0.5, 0.6) is 0 Å². The van der Waals surface area contributed by atoms with Crippen molar-refractivity contribution in [3.05, 3.63) is 18.0 Å². The van der Waals surface area contributed by atoms with E-state index >= 15 is 0 Å². The predicted octanol–water partition coefficient (Wildman–Crippen LogP) is 2.71. The van der Waals surface area contributed by atoms with E-state index in [4.69, 9.17) is 4.74 Å². The Bertz CT molecular complexity index is 343. The number of nitrogens with zero attached hydrogens (tertiary/aromatic N) is 2. The molecule has 82 valence electrons. The largest absolute Gasteiger partial charge is 0.373 e. The average molecular weight is 206 g/mol. The summed E-state index contributed by atoms with van der Waals surface area (Å²) in [5, 5.41) is 4.42. The van der Waals surface area contributed by atoms with E-state index in [9.17, 15) is 0 Å². The Kier molecular flexibility index (Phi) is 2.28. The molecule has 2 aliphatic rings. The third-order valence-corrected chi connectivity index (χ3v) is 3.46. The summed E-state index contributed by atoms with van der Waals surface area (Å²) in [6, 6.07) is 0.680. The number of ether oxygens (including phenoxy) is 1. The lowest BCUT2D eigenvalue weighted by atomic mass is 9.95. The van der Waals surface area contributed by atoms with Gasteiger partial charge in [0.2, 0.25) is 0 Å². The first-order valence-electron chi connectivity index (χ1n) is 5.98. The Morgan fingerprint density at radius 2 is 2.27 bits per heavy atom. The topological polar surface area (TPSA) is 27.1 Å². The molecule has 2 fully saturated rings. The minimum absolute atomic E-state index is 0.293. The molecule has 0 bridgehead atoms. The van der Waals surface area contributed by atoms with Gasteiger partial charge in [-0.2, -0.15) is 5.10 Å². The normalized spacial score (nSPS) is 31.8. The maximum absolute atomic E-state index is 5.79. The fourth-order valence-electron chi connectivity index (χ4n) is 2.25. The highest BCUT2D eigenvalue weighted by molar-refractivity contribution is 5.10. The number of hydrogen-bond acceptors (Lipinski definition) is 2. The van der Waals surface area contributed by atoms with Crippen molar-refractivity contribution in [1.29, 1.82) is 0 Å². The molecule has 0 aromatic carbocycles. The third kappa shape index (κ3) is 1.93. The van der Waals surface area contributed by atoms with Gasteiger partial charge in [-0.3, -0.25) is 4.68 Å². The van der Waals surface area contributed by atoms with Gasteiger partial charge in [0.15, 0.2) is 0 Å². The number of rotatable bonds is 2. The van der Waals surface area contributed by atoms with E-state index in [1.165, 1.54) is 24.8 Å². The fraction of sp³-hybridized carbons (Fsp3) is 0.750. The van der Waals surface area contributed by atoms with E-state index in [0.717, 1.165) is 18.9 Å². The highest BCUT2D eigenvalue weighted by Gasteiger charge is 2.27. The Hall–Kier alpha value is -0.830. The van der Waals surface area contributed by atoms with Crippen LogP contribution in [0.15, 0.2) is 12.4 Å². The molecule has 1 saturated heterocycles. The second kappa shape index (κ2) is 3.63. The van der Waals surface area contributed by atoms with Crippen molar-refractivity contribution in [1.82, 2.24) is 9.78 Å². The first-order valence-corrected chi connectivity index (χ1v) is 5.98. The van der Waals surface area contributed by atoms with Crippen LogP contribution in [-0.2, 0) is 4.74 Å². The zero-order chi connectivity index (χ0) is 10.3. The lowest BCUT2D eigenvalue weighted by Gasteiger charge is -2.26. The molecule has 1 aliphatic heterocycles. The molecule has 1 aromatic rings. The molecule has 3 nitrogen and oxygen atoms in total. The Balaban J connectivity index is 1.73. The monoisotopic (exact) mass is 206 g/mol. The predicted molar refractivity (Wildman–Crippen MR) is 57.6 cm³/mol. The van der Waals surface area contributed by atoms with Crippen LogP contribution in [0.4, 0.5) is 0 Å². The highest BCUT2D eigenvalue weighted by atomic mass is 16.5. The highest BCUT2D eigenvalue weighted by Crippen LogP contribution is 2.36. The molecule has 1 saturated carbocycles. The lowest BCUT2D eigenvalue weighted by Crippen LogP contribution is -2.17. The van der Waals surface area contributed by atoms with Crippen molar-refractivity contribution in [3.8, 4) is 0 Å². The summed E-state index contributed by atoms with van der Waals surface area (Å²) in [5.74, 6) is 0.785. The Morgan fingerprint density at radius 3 is 3.00 bits per heavy atom. The van der Waals surface area contributed by atoms with E-state index in [2.05, 4.69) is 22.9 Å². The van der Waals surface area contributed by atoms with Crippen LogP contribution in [0, 0.1) is 5.92 Å². The van der Waals surface area contributed by atoms with Gasteiger partial charge in [0.05, 0.1) is 18.3 Å². The second-order valence-corrected chi connectivity index (χ2v) is 4.97. The van der Waals surface area contributed by atoms with E-state index in [1.54, 1.807) is 0 Å². The molecule has 2 heterocycles. The van der Waals surface area contributed by atoms with Crippen LogP contribution >= 0.6 is 0 Å². The third-order valence-electron chi connectivity index (χ3n) is 3.46. The van der Waals surface area contributed by atoms with Gasteiger partial charge >= 0.3 is 0 Å². The zero-order valence-corrected chi connectivity index (χ0v) is 9.22. The van der Waals surface area contributed by atoms with Crippen molar-refractivity contribution in [2.45, 2.75) is 44.8 Å². The summed E-state index contributed by atoms with van der Waals surface area (Å²) in [5.41, 5.74) is 1.27. The Morgan fingerprint density at radius 1 is 1.40 bits per heavy atom. The van der Waals surface area contributed by atoms with Crippen molar-refractivity contribution in [3.63, 3.8) is 0 Å². The van der Waals surface area contributed by atoms with E-state index in [1.807, 2.05) is 6.20 Å². The van der Waals surface area contributed by atoms with Gasteiger partial charge in [-0.1, -0.05) is 6.92 Å². The molecule has 15 heavy (non-hydrogen) atoms. The van der Waals surface area contributed by atoms with Crippen molar-refractivity contribution in [2.75, 3.05) is 6.61 Å². The molecular formula is C12H18N2O. The number of hydrogen-bond donors (Lipinski definition) is 0. The summed E-state index contributed by atoms with van der Waals surface area (Å²) in [4.78, 5) is 0. The quantitative estimate of drug-likeness (QED) is 0.744. The lowest BCUT2D eigenvalue weighted by molar-refractivity contribution is -0.00637. The molecule has 3 rings (SSSR count). The summed E-state index contributed by atoms with van der Waals surface area (Å²) in [6.45, 7) is 3.21. The minimum Gasteiger partial charge on any atom is -0.373 e. The van der Waals surface area contributed by atoms with Crippen LogP contribution in [0.25, 0.3) is 0 Å². The van der Waals surface area contributed by atoms with Crippen LogP contribution in [0.2, 0.25) is 0 Å². The van der Waals surface area contributed by atoms with Crippen LogP contribution in [0.1, 0.15) is 50.3 Å². The molecule has 0 radical (unpaired) electrons. The van der Waals surface area contributed by atoms with E-state index < -0.39 is 0 Å². The van der Waals surface area contributed by atoms with Crippen molar-refractivity contribution >= 4 is 0 Å². The molecule has 1 aliphatic carbocycles. The summed E-state index contributed by atoms with van der Waals surface area (Å²) >= 11 is 0. The summed E-state index contributed by atoms with van der Waals surface area (Å²) in [7, 11) is 0. The Labute approximate surface area is 90.4 Å². The maximum atomic E-state index is 5.79. The van der Waals surface area contributed by atoms with Gasteiger partial charge in [0.1, 0.15) is 0 Å². The maximum Gasteiger partial charge on any atom is 0.0857 e. The summed E-state index contributed by atoms with van der Waals surface area (Å²) < 4.78 is 7.90. The second-order valence-electron chi connectivity index (χ2n) is 4.97. The molecule has 0 N–H and O–H groups in total. The average Bonchev–Trinajstić information content (AvgIpc) is 2.97. The van der Waals surface area contributed by atoms with Crippen molar-refractivity contribution < 1.29 is 4.74 Å². The van der Waals surface area contributed by atoms with Crippen LogP contribution < -0.4 is 0 Å². The van der Waals surface area contributed by atoms with Gasteiger partial charge in [0, 0.05) is 18.4 Å². The van der Waals surface area contributed by atoms with E-state index in [0.29, 0.717) is 12.1 Å². The smallest absolute Gasteiger partial charge is 0.0857 e. The van der Waals surface area contributed by atoms with Crippen molar-refractivity contribution in [2.24, 2.45) is 5.92 Å². The van der Waals surface area contributed by atoms with Gasteiger partial charge in [-0.15, -0.1) is 0 Å². The first-order chi connectivity index (χ1) is 7.33.